The third kappa shape index (κ3) is 7.41. The van der Waals surface area contributed by atoms with E-state index in [4.69, 9.17) is 11.6 Å². The number of carboxylic acid groups (broad SMARTS) is 1. The average molecular weight is 438 g/mol. The van der Waals surface area contributed by atoms with Crippen molar-refractivity contribution in [1.29, 1.82) is 0 Å². The SMILES string of the molecule is Cc1ccc(CSC[C@@H](NC(=O)[C@@H](CS)Cc2ccc(Cl)cc2)C(=O)O)cc1. The summed E-state index contributed by atoms with van der Waals surface area (Å²) in [6.45, 7) is 2.02. The average Bonchev–Trinajstić information content (AvgIpc) is 2.68. The van der Waals surface area contributed by atoms with Crippen LogP contribution in [0.15, 0.2) is 48.5 Å². The highest BCUT2D eigenvalue weighted by molar-refractivity contribution is 7.98. The lowest BCUT2D eigenvalue weighted by atomic mass is 10.00. The van der Waals surface area contributed by atoms with E-state index in [1.807, 2.05) is 43.3 Å². The van der Waals surface area contributed by atoms with Crippen molar-refractivity contribution in [3.8, 4) is 0 Å². The van der Waals surface area contributed by atoms with Crippen LogP contribution in [-0.4, -0.2) is 34.5 Å². The summed E-state index contributed by atoms with van der Waals surface area (Å²) in [6, 6.07) is 14.4. The van der Waals surface area contributed by atoms with Crippen molar-refractivity contribution in [3.05, 3.63) is 70.2 Å². The number of rotatable bonds is 10. The fourth-order valence-electron chi connectivity index (χ4n) is 2.59. The lowest BCUT2D eigenvalue weighted by Gasteiger charge is -2.19. The van der Waals surface area contributed by atoms with Crippen LogP contribution in [-0.2, 0) is 21.8 Å². The van der Waals surface area contributed by atoms with Crippen LogP contribution in [0.5, 0.6) is 0 Å². The number of carbonyl (C=O) groups is 2. The second-order valence-electron chi connectivity index (χ2n) is 6.61. The van der Waals surface area contributed by atoms with Gasteiger partial charge in [-0.1, -0.05) is 53.6 Å². The Bertz CT molecular complexity index is 781. The maximum absolute atomic E-state index is 12.6. The zero-order chi connectivity index (χ0) is 20.5. The lowest BCUT2D eigenvalue weighted by Crippen LogP contribution is -2.46. The van der Waals surface area contributed by atoms with Gasteiger partial charge >= 0.3 is 5.97 Å². The molecule has 2 N–H and O–H groups in total. The van der Waals surface area contributed by atoms with E-state index in [-0.39, 0.29) is 5.91 Å². The minimum Gasteiger partial charge on any atom is -0.480 e. The molecule has 0 saturated heterocycles. The Labute approximate surface area is 180 Å². The van der Waals surface area contributed by atoms with E-state index in [0.29, 0.717) is 28.7 Å². The predicted molar refractivity (Wildman–Crippen MR) is 119 cm³/mol. The van der Waals surface area contributed by atoms with Crippen molar-refractivity contribution in [1.82, 2.24) is 5.32 Å². The zero-order valence-electron chi connectivity index (χ0n) is 15.6. The Hall–Kier alpha value is -1.63. The first kappa shape index (κ1) is 22.7. The van der Waals surface area contributed by atoms with Crippen LogP contribution in [0.1, 0.15) is 16.7 Å². The molecule has 0 aliphatic carbocycles. The molecular weight excluding hydrogens is 414 g/mol. The molecule has 0 unspecified atom stereocenters. The standard InChI is InChI=1S/C21H24ClNO3S2/c1-14-2-4-16(5-3-14)12-28-13-19(21(25)26)23-20(24)17(11-27)10-15-6-8-18(22)9-7-15/h2-9,17,19,27H,10-13H2,1H3,(H,23,24)(H,25,26)/t17-,19-/m1/s1. The molecule has 1 amide bonds. The van der Waals surface area contributed by atoms with Crippen molar-refractivity contribution in [2.45, 2.75) is 25.1 Å². The van der Waals surface area contributed by atoms with Crippen LogP contribution in [0.25, 0.3) is 0 Å². The molecule has 0 aliphatic rings. The molecule has 0 spiro atoms. The highest BCUT2D eigenvalue weighted by atomic mass is 35.5. The molecule has 0 heterocycles. The fourth-order valence-corrected chi connectivity index (χ4v) is 4.02. The molecular formula is C21H24ClNO3S2. The van der Waals surface area contributed by atoms with Gasteiger partial charge in [0.25, 0.3) is 0 Å². The third-order valence-electron chi connectivity index (χ3n) is 4.27. The molecule has 0 bridgehead atoms. The molecule has 150 valence electrons. The maximum Gasteiger partial charge on any atom is 0.327 e. The summed E-state index contributed by atoms with van der Waals surface area (Å²) in [5.74, 6) is -0.413. The summed E-state index contributed by atoms with van der Waals surface area (Å²) in [5, 5.41) is 12.8. The molecule has 0 aliphatic heterocycles. The Morgan fingerprint density at radius 2 is 1.71 bits per heavy atom. The molecule has 0 radical (unpaired) electrons. The van der Waals surface area contributed by atoms with Gasteiger partial charge in [-0.25, -0.2) is 4.79 Å². The summed E-state index contributed by atoms with van der Waals surface area (Å²) < 4.78 is 0. The highest BCUT2D eigenvalue weighted by Gasteiger charge is 2.24. The van der Waals surface area contributed by atoms with Gasteiger partial charge < -0.3 is 10.4 Å². The fraction of sp³-hybridized carbons (Fsp3) is 0.333. The number of benzene rings is 2. The van der Waals surface area contributed by atoms with E-state index in [0.717, 1.165) is 11.1 Å². The van der Waals surface area contributed by atoms with E-state index < -0.39 is 17.9 Å². The van der Waals surface area contributed by atoms with Gasteiger partial charge in [-0.3, -0.25) is 4.79 Å². The van der Waals surface area contributed by atoms with Gasteiger partial charge in [0, 0.05) is 22.3 Å². The molecule has 28 heavy (non-hydrogen) atoms. The lowest BCUT2D eigenvalue weighted by molar-refractivity contribution is -0.141. The summed E-state index contributed by atoms with van der Waals surface area (Å²) in [5.41, 5.74) is 3.27. The van der Waals surface area contributed by atoms with Crippen LogP contribution in [0, 0.1) is 12.8 Å². The summed E-state index contributed by atoms with van der Waals surface area (Å²) >= 11 is 11.6. The number of halogens is 1. The van der Waals surface area contributed by atoms with Gasteiger partial charge in [0.2, 0.25) is 5.91 Å². The van der Waals surface area contributed by atoms with E-state index in [2.05, 4.69) is 17.9 Å². The van der Waals surface area contributed by atoms with Gasteiger partial charge in [-0.05, 0) is 36.6 Å². The number of amides is 1. The van der Waals surface area contributed by atoms with Crippen molar-refractivity contribution >= 4 is 47.9 Å². The number of hydrogen-bond acceptors (Lipinski definition) is 4. The van der Waals surface area contributed by atoms with Crippen molar-refractivity contribution in [2.75, 3.05) is 11.5 Å². The van der Waals surface area contributed by atoms with Gasteiger partial charge in [0.15, 0.2) is 0 Å². The molecule has 0 fully saturated rings. The second-order valence-corrected chi connectivity index (χ2v) is 8.44. The van der Waals surface area contributed by atoms with Crippen LogP contribution in [0.2, 0.25) is 5.02 Å². The van der Waals surface area contributed by atoms with Crippen LogP contribution in [0.3, 0.4) is 0 Å². The quantitative estimate of drug-likeness (QED) is 0.486. The molecule has 2 aromatic rings. The minimum atomic E-state index is -1.03. The van der Waals surface area contributed by atoms with Crippen molar-refractivity contribution < 1.29 is 14.7 Å². The second kappa shape index (κ2) is 11.4. The van der Waals surface area contributed by atoms with Gasteiger partial charge in [0.05, 0.1) is 5.92 Å². The highest BCUT2D eigenvalue weighted by Crippen LogP contribution is 2.17. The monoisotopic (exact) mass is 437 g/mol. The molecule has 0 aromatic heterocycles. The van der Waals surface area contributed by atoms with Crippen molar-refractivity contribution in [2.24, 2.45) is 5.92 Å². The molecule has 7 heteroatoms. The summed E-state index contributed by atoms with van der Waals surface area (Å²) in [6.07, 6.45) is 0.481. The number of carbonyl (C=O) groups excluding carboxylic acids is 1. The van der Waals surface area contributed by atoms with Crippen molar-refractivity contribution in [3.63, 3.8) is 0 Å². The Morgan fingerprint density at radius 3 is 2.29 bits per heavy atom. The summed E-state index contributed by atoms with van der Waals surface area (Å²) in [4.78, 5) is 24.1. The molecule has 0 saturated carbocycles. The number of hydrogen-bond donors (Lipinski definition) is 3. The topological polar surface area (TPSA) is 66.4 Å². The number of aryl methyl sites for hydroxylation is 1. The Morgan fingerprint density at radius 1 is 1.11 bits per heavy atom. The first-order valence-electron chi connectivity index (χ1n) is 8.91. The number of aliphatic carboxylic acids is 1. The minimum absolute atomic E-state index is 0.298. The van der Waals surface area contributed by atoms with E-state index in [1.54, 1.807) is 12.1 Å². The molecule has 2 rings (SSSR count). The van der Waals surface area contributed by atoms with Gasteiger partial charge in [-0.15, -0.1) is 0 Å². The smallest absolute Gasteiger partial charge is 0.327 e. The number of thioether (sulfide) groups is 1. The van der Waals surface area contributed by atoms with E-state index in [9.17, 15) is 14.7 Å². The number of carboxylic acids is 1. The van der Waals surface area contributed by atoms with E-state index in [1.165, 1.54) is 17.3 Å². The summed E-state index contributed by atoms with van der Waals surface area (Å²) in [7, 11) is 0. The zero-order valence-corrected chi connectivity index (χ0v) is 18.1. The van der Waals surface area contributed by atoms with Crippen LogP contribution >= 0.6 is 36.0 Å². The Balaban J connectivity index is 1.89. The van der Waals surface area contributed by atoms with Gasteiger partial charge in [-0.2, -0.15) is 24.4 Å². The Kier molecular flexibility index (Phi) is 9.22. The largest absolute Gasteiger partial charge is 0.480 e. The number of thiol groups is 1. The van der Waals surface area contributed by atoms with Crippen LogP contribution < -0.4 is 5.32 Å². The van der Waals surface area contributed by atoms with Gasteiger partial charge in [0.1, 0.15) is 6.04 Å². The van der Waals surface area contributed by atoms with Crippen LogP contribution in [0.4, 0.5) is 0 Å². The van der Waals surface area contributed by atoms with E-state index >= 15 is 0 Å². The molecule has 2 atom stereocenters. The molecule has 2 aromatic carbocycles. The number of nitrogens with one attached hydrogen (secondary N) is 1. The maximum atomic E-state index is 12.6. The first-order valence-corrected chi connectivity index (χ1v) is 11.1. The predicted octanol–water partition coefficient (Wildman–Crippen LogP) is 4.24. The third-order valence-corrected chi connectivity index (χ3v) is 6.07. The molecule has 4 nitrogen and oxygen atoms in total. The first-order chi connectivity index (χ1) is 13.4. The normalized spacial score (nSPS) is 13.0.